The smallest absolute Gasteiger partial charge is 0.123 e. The van der Waals surface area contributed by atoms with Gasteiger partial charge in [0.05, 0.1) is 5.60 Å². The Morgan fingerprint density at radius 2 is 1.96 bits per heavy atom. The molecule has 2 rings (SSSR count). The largest absolute Gasteiger partial charge is 0.396 e. The SMILES string of the molecule is C[C@H](N1CC[C@](CCCO)(c2ccc(F)cc2)OC1)C(C)(C)C. The average Bonchev–Trinajstić information content (AvgIpc) is 2.52. The maximum atomic E-state index is 13.2. The highest BCUT2D eigenvalue weighted by Crippen LogP contribution is 2.39. The van der Waals surface area contributed by atoms with Gasteiger partial charge in [-0.1, -0.05) is 32.9 Å². The predicted molar refractivity (Wildman–Crippen MR) is 90.6 cm³/mol. The third-order valence-corrected chi connectivity index (χ3v) is 5.22. The molecular weight excluding hydrogens is 293 g/mol. The van der Waals surface area contributed by atoms with E-state index < -0.39 is 5.60 Å². The standard InChI is InChI=1S/C19H30FNO2/c1-15(18(2,3)4)21-12-11-19(23-14-21,10-5-13-22)16-6-8-17(20)9-7-16/h6-9,15,22H,5,10-14H2,1-4H3/t15-,19+/m0/s1. The van der Waals surface area contributed by atoms with Gasteiger partial charge >= 0.3 is 0 Å². The number of ether oxygens (including phenoxy) is 1. The molecule has 1 aromatic rings. The Bertz CT molecular complexity index is 487. The van der Waals surface area contributed by atoms with Gasteiger partial charge in [-0.25, -0.2) is 4.39 Å². The minimum Gasteiger partial charge on any atom is -0.396 e. The third-order valence-electron chi connectivity index (χ3n) is 5.22. The molecule has 2 atom stereocenters. The molecule has 0 unspecified atom stereocenters. The fourth-order valence-corrected chi connectivity index (χ4v) is 3.21. The monoisotopic (exact) mass is 323 g/mol. The average molecular weight is 323 g/mol. The van der Waals surface area contributed by atoms with Gasteiger partial charge in [0.2, 0.25) is 0 Å². The van der Waals surface area contributed by atoms with E-state index in [9.17, 15) is 9.50 Å². The molecule has 1 heterocycles. The van der Waals surface area contributed by atoms with Crippen molar-refractivity contribution in [2.45, 2.75) is 58.6 Å². The molecule has 4 heteroatoms. The van der Waals surface area contributed by atoms with Crippen LogP contribution < -0.4 is 0 Å². The lowest BCUT2D eigenvalue weighted by molar-refractivity contribution is -0.166. The fourth-order valence-electron chi connectivity index (χ4n) is 3.21. The molecule has 1 N–H and O–H groups in total. The molecule has 1 fully saturated rings. The van der Waals surface area contributed by atoms with Crippen molar-refractivity contribution in [2.75, 3.05) is 19.9 Å². The second-order valence-corrected chi connectivity index (χ2v) is 7.71. The van der Waals surface area contributed by atoms with Gasteiger partial charge in [-0.2, -0.15) is 0 Å². The van der Waals surface area contributed by atoms with Crippen LogP contribution in [0.1, 0.15) is 52.5 Å². The summed E-state index contributed by atoms with van der Waals surface area (Å²) in [4.78, 5) is 2.36. The van der Waals surface area contributed by atoms with E-state index in [2.05, 4.69) is 32.6 Å². The first-order chi connectivity index (χ1) is 10.8. The highest BCUT2D eigenvalue weighted by atomic mass is 19.1. The van der Waals surface area contributed by atoms with Crippen LogP contribution in [-0.4, -0.2) is 35.9 Å². The topological polar surface area (TPSA) is 32.7 Å². The Hall–Kier alpha value is -0.970. The molecule has 3 nitrogen and oxygen atoms in total. The Morgan fingerprint density at radius 1 is 1.30 bits per heavy atom. The molecule has 23 heavy (non-hydrogen) atoms. The van der Waals surface area contributed by atoms with E-state index in [4.69, 9.17) is 4.74 Å². The van der Waals surface area contributed by atoms with E-state index in [-0.39, 0.29) is 17.8 Å². The van der Waals surface area contributed by atoms with Crippen molar-refractivity contribution in [1.29, 1.82) is 0 Å². The quantitative estimate of drug-likeness (QED) is 0.892. The number of rotatable bonds is 5. The number of nitrogens with zero attached hydrogens (tertiary/aromatic N) is 1. The van der Waals surface area contributed by atoms with Crippen LogP contribution in [0.5, 0.6) is 0 Å². The summed E-state index contributed by atoms with van der Waals surface area (Å²) >= 11 is 0. The van der Waals surface area contributed by atoms with Crippen molar-refractivity contribution in [3.05, 3.63) is 35.6 Å². The van der Waals surface area contributed by atoms with E-state index in [0.717, 1.165) is 24.9 Å². The number of aliphatic hydroxyl groups excluding tert-OH is 1. The second kappa shape index (κ2) is 7.29. The molecule has 1 saturated heterocycles. The van der Waals surface area contributed by atoms with E-state index in [1.54, 1.807) is 0 Å². The molecule has 0 bridgehead atoms. The molecule has 1 aliphatic rings. The Kier molecular flexibility index (Phi) is 5.82. The zero-order valence-corrected chi connectivity index (χ0v) is 14.8. The van der Waals surface area contributed by atoms with Gasteiger partial charge in [-0.15, -0.1) is 0 Å². The first-order valence-corrected chi connectivity index (χ1v) is 8.53. The molecule has 0 amide bonds. The maximum absolute atomic E-state index is 13.2. The normalized spacial score (nSPS) is 24.6. The van der Waals surface area contributed by atoms with Crippen molar-refractivity contribution in [1.82, 2.24) is 4.90 Å². The molecule has 0 radical (unpaired) electrons. The van der Waals surface area contributed by atoms with Crippen molar-refractivity contribution < 1.29 is 14.2 Å². The molecule has 0 spiro atoms. The number of benzene rings is 1. The highest BCUT2D eigenvalue weighted by Gasteiger charge is 2.39. The van der Waals surface area contributed by atoms with Gasteiger partial charge in [0.25, 0.3) is 0 Å². The minimum absolute atomic E-state index is 0.147. The van der Waals surface area contributed by atoms with Crippen LogP contribution in [0.2, 0.25) is 0 Å². The van der Waals surface area contributed by atoms with Gasteiger partial charge in [0.15, 0.2) is 0 Å². The van der Waals surface area contributed by atoms with Crippen molar-refractivity contribution in [3.63, 3.8) is 0 Å². The molecule has 1 aromatic carbocycles. The molecule has 0 aliphatic carbocycles. The van der Waals surface area contributed by atoms with Crippen LogP contribution in [0.4, 0.5) is 4.39 Å². The van der Waals surface area contributed by atoms with E-state index >= 15 is 0 Å². The number of aliphatic hydroxyl groups is 1. The zero-order chi connectivity index (χ0) is 17.1. The second-order valence-electron chi connectivity index (χ2n) is 7.71. The summed E-state index contributed by atoms with van der Waals surface area (Å²) in [7, 11) is 0. The van der Waals surface area contributed by atoms with Gasteiger partial charge < -0.3 is 9.84 Å². The molecule has 130 valence electrons. The lowest BCUT2D eigenvalue weighted by atomic mass is 9.83. The molecule has 0 aromatic heterocycles. The Morgan fingerprint density at radius 3 is 2.43 bits per heavy atom. The van der Waals surface area contributed by atoms with Crippen LogP contribution in [0, 0.1) is 11.2 Å². The van der Waals surface area contributed by atoms with Gasteiger partial charge in [0.1, 0.15) is 12.5 Å². The number of hydrogen-bond acceptors (Lipinski definition) is 3. The van der Waals surface area contributed by atoms with Gasteiger partial charge in [0, 0.05) is 19.2 Å². The summed E-state index contributed by atoms with van der Waals surface area (Å²) in [6.45, 7) is 10.6. The number of hydrogen-bond donors (Lipinski definition) is 1. The highest BCUT2D eigenvalue weighted by molar-refractivity contribution is 5.24. The Balaban J connectivity index is 2.15. The van der Waals surface area contributed by atoms with Crippen LogP contribution in [-0.2, 0) is 10.3 Å². The summed E-state index contributed by atoms with van der Waals surface area (Å²) in [5.41, 5.74) is 0.796. The summed E-state index contributed by atoms with van der Waals surface area (Å²) in [5.74, 6) is -0.232. The van der Waals surface area contributed by atoms with Crippen LogP contribution in [0.25, 0.3) is 0 Å². The maximum Gasteiger partial charge on any atom is 0.123 e. The third kappa shape index (κ3) is 4.31. The molecule has 1 aliphatic heterocycles. The van der Waals surface area contributed by atoms with E-state index in [1.165, 1.54) is 12.1 Å². The predicted octanol–water partition coefficient (Wildman–Crippen LogP) is 3.91. The summed E-state index contributed by atoms with van der Waals surface area (Å²) in [5, 5.41) is 9.22. The summed E-state index contributed by atoms with van der Waals surface area (Å²) in [6.07, 6.45) is 2.30. The lowest BCUT2D eigenvalue weighted by Gasteiger charge is -2.47. The first kappa shape index (κ1) is 18.4. The lowest BCUT2D eigenvalue weighted by Crippen LogP contribution is -2.51. The van der Waals surface area contributed by atoms with Crippen LogP contribution in [0.15, 0.2) is 24.3 Å². The van der Waals surface area contributed by atoms with Crippen molar-refractivity contribution in [2.24, 2.45) is 5.41 Å². The summed E-state index contributed by atoms with van der Waals surface area (Å²) < 4.78 is 19.6. The zero-order valence-electron chi connectivity index (χ0n) is 14.8. The van der Waals surface area contributed by atoms with Gasteiger partial charge in [-0.3, -0.25) is 4.90 Å². The summed E-state index contributed by atoms with van der Waals surface area (Å²) in [6, 6.07) is 7.03. The van der Waals surface area contributed by atoms with E-state index in [0.29, 0.717) is 19.2 Å². The van der Waals surface area contributed by atoms with Crippen molar-refractivity contribution in [3.8, 4) is 0 Å². The van der Waals surface area contributed by atoms with Crippen LogP contribution >= 0.6 is 0 Å². The fraction of sp³-hybridized carbons (Fsp3) is 0.684. The van der Waals surface area contributed by atoms with Crippen molar-refractivity contribution >= 4 is 0 Å². The number of halogens is 1. The first-order valence-electron chi connectivity index (χ1n) is 8.53. The van der Waals surface area contributed by atoms with Gasteiger partial charge in [-0.05, 0) is 49.3 Å². The van der Waals surface area contributed by atoms with E-state index in [1.807, 2.05) is 12.1 Å². The molecular formula is C19H30FNO2. The minimum atomic E-state index is -0.412. The molecule has 0 saturated carbocycles. The Labute approximate surface area is 139 Å². The van der Waals surface area contributed by atoms with Crippen LogP contribution in [0.3, 0.4) is 0 Å².